The maximum atomic E-state index is 6.18. The number of rotatable bonds is 2. The third kappa shape index (κ3) is 2.61. The minimum absolute atomic E-state index is 0.552. The Morgan fingerprint density at radius 1 is 0.875 bits per heavy atom. The molecule has 2 N–H and O–H groups in total. The lowest BCUT2D eigenvalue weighted by Gasteiger charge is -2.04. The fraction of sp³-hybridized carbons (Fsp3) is 0.0526. The Morgan fingerprint density at radius 3 is 2.21 bits per heavy atom. The van der Waals surface area contributed by atoms with Crippen LogP contribution in [-0.2, 0) is 0 Å². The summed E-state index contributed by atoms with van der Waals surface area (Å²) >= 11 is 5.94. The van der Waals surface area contributed by atoms with Crippen LogP contribution in [0, 0.1) is 6.92 Å². The van der Waals surface area contributed by atoms with Crippen LogP contribution >= 0.6 is 11.6 Å². The van der Waals surface area contributed by atoms with Crippen LogP contribution in [0.2, 0.25) is 5.02 Å². The van der Waals surface area contributed by atoms with Gasteiger partial charge in [0.2, 0.25) is 0 Å². The maximum absolute atomic E-state index is 6.18. The third-order valence-electron chi connectivity index (χ3n) is 3.94. The Labute approximate surface area is 144 Å². The summed E-state index contributed by atoms with van der Waals surface area (Å²) in [5.74, 6) is 0.552. The van der Waals surface area contributed by atoms with Gasteiger partial charge in [-0.05, 0) is 19.1 Å². The molecule has 4 nitrogen and oxygen atoms in total. The topological polar surface area (TPSA) is 56.2 Å². The minimum Gasteiger partial charge on any atom is -0.384 e. The van der Waals surface area contributed by atoms with Crippen LogP contribution in [0.3, 0.4) is 0 Å². The maximum Gasteiger partial charge on any atom is 0.158 e. The summed E-state index contributed by atoms with van der Waals surface area (Å²) in [7, 11) is 0. The van der Waals surface area contributed by atoms with Crippen molar-refractivity contribution in [1.29, 1.82) is 0 Å². The van der Waals surface area contributed by atoms with E-state index in [4.69, 9.17) is 22.3 Å². The molecule has 2 aromatic heterocycles. The number of aromatic nitrogens is 3. The fourth-order valence-electron chi connectivity index (χ4n) is 2.63. The van der Waals surface area contributed by atoms with E-state index in [1.807, 2.05) is 48.5 Å². The largest absolute Gasteiger partial charge is 0.384 e. The highest BCUT2D eigenvalue weighted by atomic mass is 35.5. The van der Waals surface area contributed by atoms with Gasteiger partial charge in [0.05, 0.1) is 11.4 Å². The van der Waals surface area contributed by atoms with Gasteiger partial charge < -0.3 is 5.73 Å². The second-order valence-electron chi connectivity index (χ2n) is 5.74. The minimum atomic E-state index is 0.552. The molecule has 24 heavy (non-hydrogen) atoms. The molecule has 2 aromatic carbocycles. The number of nitrogens with two attached hydrogens (primary N) is 1. The Hall–Kier alpha value is -2.85. The van der Waals surface area contributed by atoms with Gasteiger partial charge in [-0.2, -0.15) is 9.61 Å². The molecule has 4 aromatic rings. The predicted molar refractivity (Wildman–Crippen MR) is 98.0 cm³/mol. The van der Waals surface area contributed by atoms with Crippen molar-refractivity contribution in [3.63, 3.8) is 0 Å². The lowest BCUT2D eigenvalue weighted by atomic mass is 10.1. The third-order valence-corrected chi connectivity index (χ3v) is 4.19. The molecular weight excluding hydrogens is 320 g/mol. The first kappa shape index (κ1) is 14.7. The van der Waals surface area contributed by atoms with Crippen molar-refractivity contribution in [2.75, 3.05) is 5.73 Å². The van der Waals surface area contributed by atoms with E-state index in [1.165, 1.54) is 5.56 Å². The lowest BCUT2D eigenvalue weighted by Crippen LogP contribution is -2.01. The summed E-state index contributed by atoms with van der Waals surface area (Å²) in [6, 6.07) is 19.5. The highest BCUT2D eigenvalue weighted by Gasteiger charge is 2.10. The first-order valence-corrected chi connectivity index (χ1v) is 7.97. The standard InChI is InChI=1S/C19H15ClN4/c1-12-2-4-13(5-3-12)16-10-18(21)24-19(22-16)11-17(23-24)14-6-8-15(20)9-7-14/h2-11H,21H2,1H3. The number of fused-ring (bicyclic) bond motifs is 1. The van der Waals surface area contributed by atoms with E-state index in [1.54, 1.807) is 4.52 Å². The summed E-state index contributed by atoms with van der Waals surface area (Å²) in [5.41, 5.74) is 11.8. The van der Waals surface area contributed by atoms with E-state index in [0.717, 1.165) is 28.2 Å². The number of halogens is 1. The molecule has 0 saturated carbocycles. The van der Waals surface area contributed by atoms with E-state index in [2.05, 4.69) is 24.2 Å². The quantitative estimate of drug-likeness (QED) is 0.582. The van der Waals surface area contributed by atoms with Gasteiger partial charge >= 0.3 is 0 Å². The molecule has 0 aliphatic carbocycles. The summed E-state index contributed by atoms with van der Waals surface area (Å²) in [5, 5.41) is 5.24. The fourth-order valence-corrected chi connectivity index (χ4v) is 2.76. The Bertz CT molecular complexity index is 1020. The number of hydrogen-bond acceptors (Lipinski definition) is 3. The molecule has 0 spiro atoms. The van der Waals surface area contributed by atoms with Crippen molar-refractivity contribution in [3.8, 4) is 22.5 Å². The number of hydrogen-bond donors (Lipinski definition) is 1. The van der Waals surface area contributed by atoms with Crippen molar-refractivity contribution in [1.82, 2.24) is 14.6 Å². The highest BCUT2D eigenvalue weighted by molar-refractivity contribution is 6.30. The molecule has 4 rings (SSSR count). The molecule has 0 unspecified atom stereocenters. The molecule has 2 heterocycles. The number of nitrogens with zero attached hydrogens (tertiary/aromatic N) is 3. The van der Waals surface area contributed by atoms with Gasteiger partial charge in [0.1, 0.15) is 5.82 Å². The van der Waals surface area contributed by atoms with Crippen LogP contribution in [0.5, 0.6) is 0 Å². The van der Waals surface area contributed by atoms with Crippen LogP contribution in [0.1, 0.15) is 5.56 Å². The second-order valence-corrected chi connectivity index (χ2v) is 6.18. The number of benzene rings is 2. The molecule has 0 atom stereocenters. The predicted octanol–water partition coefficient (Wildman–Crippen LogP) is 4.61. The molecule has 0 aliphatic heterocycles. The van der Waals surface area contributed by atoms with Crippen molar-refractivity contribution >= 4 is 23.1 Å². The average molecular weight is 335 g/mol. The van der Waals surface area contributed by atoms with Gasteiger partial charge in [0, 0.05) is 28.3 Å². The summed E-state index contributed by atoms with van der Waals surface area (Å²) in [6.07, 6.45) is 0. The smallest absolute Gasteiger partial charge is 0.158 e. The van der Waals surface area contributed by atoms with Gasteiger partial charge in [0.15, 0.2) is 5.65 Å². The number of nitrogen functional groups attached to an aromatic ring is 1. The van der Waals surface area contributed by atoms with Gasteiger partial charge in [-0.1, -0.05) is 53.6 Å². The van der Waals surface area contributed by atoms with Crippen LogP contribution in [0.4, 0.5) is 5.82 Å². The Balaban J connectivity index is 1.83. The molecule has 0 bridgehead atoms. The molecule has 0 amide bonds. The van der Waals surface area contributed by atoms with Crippen molar-refractivity contribution in [2.45, 2.75) is 6.92 Å². The van der Waals surface area contributed by atoms with Gasteiger partial charge in [-0.3, -0.25) is 0 Å². The first-order chi connectivity index (χ1) is 11.6. The van der Waals surface area contributed by atoms with Crippen LogP contribution in [-0.4, -0.2) is 14.6 Å². The van der Waals surface area contributed by atoms with Crippen LogP contribution in [0.25, 0.3) is 28.2 Å². The number of aryl methyl sites for hydroxylation is 1. The van der Waals surface area contributed by atoms with Crippen molar-refractivity contribution in [2.24, 2.45) is 0 Å². The van der Waals surface area contributed by atoms with Crippen molar-refractivity contribution in [3.05, 3.63) is 71.2 Å². The van der Waals surface area contributed by atoms with E-state index in [-0.39, 0.29) is 0 Å². The van der Waals surface area contributed by atoms with Gasteiger partial charge in [-0.25, -0.2) is 4.98 Å². The monoisotopic (exact) mass is 334 g/mol. The molecule has 0 aliphatic rings. The molecule has 0 fully saturated rings. The van der Waals surface area contributed by atoms with Crippen molar-refractivity contribution < 1.29 is 0 Å². The van der Waals surface area contributed by atoms with Crippen LogP contribution < -0.4 is 5.73 Å². The van der Waals surface area contributed by atoms with E-state index < -0.39 is 0 Å². The van der Waals surface area contributed by atoms with E-state index in [0.29, 0.717) is 10.8 Å². The zero-order valence-corrected chi connectivity index (χ0v) is 13.8. The summed E-state index contributed by atoms with van der Waals surface area (Å²) in [6.45, 7) is 2.06. The lowest BCUT2D eigenvalue weighted by molar-refractivity contribution is 0.957. The average Bonchev–Trinajstić information content (AvgIpc) is 3.01. The Kier molecular flexibility index (Phi) is 3.47. The Morgan fingerprint density at radius 2 is 1.50 bits per heavy atom. The van der Waals surface area contributed by atoms with Gasteiger partial charge in [-0.15, -0.1) is 0 Å². The van der Waals surface area contributed by atoms with E-state index in [9.17, 15) is 0 Å². The van der Waals surface area contributed by atoms with E-state index >= 15 is 0 Å². The summed E-state index contributed by atoms with van der Waals surface area (Å²) < 4.78 is 1.65. The normalized spacial score (nSPS) is 11.1. The summed E-state index contributed by atoms with van der Waals surface area (Å²) in [4.78, 5) is 4.69. The molecule has 118 valence electrons. The zero-order valence-electron chi connectivity index (χ0n) is 13.1. The molecular formula is C19H15ClN4. The first-order valence-electron chi connectivity index (χ1n) is 7.59. The number of anilines is 1. The SMILES string of the molecule is Cc1ccc(-c2cc(N)n3nc(-c4ccc(Cl)cc4)cc3n2)cc1. The molecule has 0 saturated heterocycles. The van der Waals surface area contributed by atoms with Crippen LogP contribution in [0.15, 0.2) is 60.7 Å². The molecule has 0 radical (unpaired) electrons. The molecule has 5 heteroatoms. The zero-order chi connectivity index (χ0) is 16.7. The van der Waals surface area contributed by atoms with Gasteiger partial charge in [0.25, 0.3) is 0 Å². The second kappa shape index (κ2) is 5.65. The highest BCUT2D eigenvalue weighted by Crippen LogP contribution is 2.25.